The minimum Gasteiger partial charge on any atom is -0.494 e. The Hall–Kier alpha value is -3.82. The molecule has 0 unspecified atom stereocenters. The maximum absolute atomic E-state index is 13.9. The van der Waals surface area contributed by atoms with Crippen LogP contribution in [0, 0.1) is 11.7 Å². The molecular formula is C27H35FN4O5. The highest BCUT2D eigenvalue weighted by molar-refractivity contribution is 5.98. The average Bonchev–Trinajstić information content (AvgIpc) is 3.63. The van der Waals surface area contributed by atoms with Gasteiger partial charge in [0, 0.05) is 0 Å². The largest absolute Gasteiger partial charge is 0.494 e. The van der Waals surface area contributed by atoms with Gasteiger partial charge in [0.15, 0.2) is 29.0 Å². The number of carbonyl (C=O) groups excluding carboxylic acids is 2. The van der Waals surface area contributed by atoms with Crippen molar-refractivity contribution in [1.82, 2.24) is 10.6 Å². The first-order valence-corrected chi connectivity index (χ1v) is 12.1. The van der Waals surface area contributed by atoms with E-state index in [1.807, 2.05) is 13.8 Å². The highest BCUT2D eigenvalue weighted by atomic mass is 19.1. The van der Waals surface area contributed by atoms with Gasteiger partial charge >= 0.3 is 0 Å². The van der Waals surface area contributed by atoms with Crippen LogP contribution in [0.5, 0.6) is 17.2 Å². The summed E-state index contributed by atoms with van der Waals surface area (Å²) in [5.74, 6) is 0.0402. The topological polar surface area (TPSA) is 124 Å². The van der Waals surface area contributed by atoms with E-state index in [1.54, 1.807) is 30.3 Å². The highest BCUT2D eigenvalue weighted by Gasteiger charge is 2.47. The van der Waals surface area contributed by atoms with Crippen molar-refractivity contribution in [3.8, 4) is 17.2 Å². The molecule has 3 rings (SSSR count). The van der Waals surface area contributed by atoms with Crippen LogP contribution in [-0.2, 0) is 21.5 Å². The number of carbonyl (C=O) groups is 2. The van der Waals surface area contributed by atoms with Crippen LogP contribution in [0.1, 0.15) is 44.2 Å². The van der Waals surface area contributed by atoms with Gasteiger partial charge in [0.2, 0.25) is 11.8 Å². The number of methoxy groups -OCH3 is 3. The number of nitrogens with zero attached hydrogens (tertiary/aromatic N) is 1. The fraction of sp³-hybridized carbons (Fsp3) is 0.444. The van der Waals surface area contributed by atoms with Crippen molar-refractivity contribution in [2.45, 2.75) is 51.1 Å². The van der Waals surface area contributed by atoms with Gasteiger partial charge < -0.3 is 25.3 Å². The zero-order valence-electron chi connectivity index (χ0n) is 21.9. The average molecular weight is 515 g/mol. The van der Waals surface area contributed by atoms with E-state index < -0.39 is 17.4 Å². The number of rotatable bonds is 11. The number of nitrogens with one attached hydrogen (secondary N) is 2. The van der Waals surface area contributed by atoms with Crippen molar-refractivity contribution in [3.63, 3.8) is 0 Å². The lowest BCUT2D eigenvalue weighted by Crippen LogP contribution is -2.44. The molecule has 200 valence electrons. The zero-order chi connectivity index (χ0) is 27.2. The molecule has 1 aliphatic carbocycles. The minimum absolute atomic E-state index is 0.0348. The Labute approximate surface area is 216 Å². The molecule has 2 aromatic carbocycles. The third kappa shape index (κ3) is 7.12. The molecule has 1 saturated carbocycles. The van der Waals surface area contributed by atoms with Gasteiger partial charge in [-0.1, -0.05) is 26.0 Å². The van der Waals surface area contributed by atoms with Crippen LogP contribution in [0.25, 0.3) is 0 Å². The fourth-order valence-electron chi connectivity index (χ4n) is 4.12. The smallest absolute Gasteiger partial charge is 0.245 e. The molecule has 0 heterocycles. The van der Waals surface area contributed by atoms with E-state index in [1.165, 1.54) is 27.4 Å². The molecule has 2 aromatic rings. The molecular weight excluding hydrogens is 479 g/mol. The summed E-state index contributed by atoms with van der Waals surface area (Å²) in [5.41, 5.74) is 6.89. The first-order valence-electron chi connectivity index (χ1n) is 12.1. The lowest BCUT2D eigenvalue weighted by atomic mass is 10.0. The normalized spacial score (nSPS) is 15.1. The predicted octanol–water partition coefficient (Wildman–Crippen LogP) is 3.05. The summed E-state index contributed by atoms with van der Waals surface area (Å²) in [6.07, 6.45) is 1.89. The van der Waals surface area contributed by atoms with Crippen LogP contribution >= 0.6 is 0 Å². The van der Waals surface area contributed by atoms with Gasteiger partial charge in [-0.25, -0.2) is 9.38 Å². The van der Waals surface area contributed by atoms with Crippen LogP contribution in [-0.4, -0.2) is 45.1 Å². The second kappa shape index (κ2) is 11.9. The lowest BCUT2D eigenvalue weighted by molar-refractivity contribution is -0.124. The van der Waals surface area contributed by atoms with E-state index in [4.69, 9.17) is 19.9 Å². The number of amides is 2. The summed E-state index contributed by atoms with van der Waals surface area (Å²) >= 11 is 0. The lowest BCUT2D eigenvalue weighted by Gasteiger charge is -2.23. The van der Waals surface area contributed by atoms with E-state index in [2.05, 4.69) is 15.6 Å². The van der Waals surface area contributed by atoms with Crippen LogP contribution in [0.15, 0.2) is 41.4 Å². The molecule has 9 nitrogen and oxygen atoms in total. The number of guanidine groups is 1. The number of hydrogen-bond donors (Lipinski definition) is 3. The Morgan fingerprint density at radius 1 is 1.03 bits per heavy atom. The standard InChI is InChI=1S/C27H35FN4O5/c1-16(2)12-20(25(34)32-27(10-11-27)18-7-8-19(28)22(15-18)36-4)30-26(29)31-24(33)14-17-6-9-21(35-3)23(13-17)37-5/h6-9,13,15-16,20H,10-12,14H2,1-5H3,(H,32,34)(H3,29,30,31,33)/t20-/m1/s1. The fourth-order valence-corrected chi connectivity index (χ4v) is 4.12. The van der Waals surface area contributed by atoms with Crippen molar-refractivity contribution < 1.29 is 28.2 Å². The molecule has 1 fully saturated rings. The molecule has 0 spiro atoms. The van der Waals surface area contributed by atoms with E-state index in [0.29, 0.717) is 36.3 Å². The van der Waals surface area contributed by atoms with Crippen LogP contribution < -0.4 is 30.6 Å². The third-order valence-corrected chi connectivity index (χ3v) is 6.19. The maximum atomic E-state index is 13.9. The van der Waals surface area contributed by atoms with Crippen molar-refractivity contribution in [2.75, 3.05) is 21.3 Å². The Morgan fingerprint density at radius 3 is 2.30 bits per heavy atom. The second-order valence-corrected chi connectivity index (χ2v) is 9.49. The Balaban J connectivity index is 1.69. The molecule has 0 saturated heterocycles. The van der Waals surface area contributed by atoms with Crippen LogP contribution in [0.2, 0.25) is 0 Å². The minimum atomic E-state index is -0.804. The van der Waals surface area contributed by atoms with Gasteiger partial charge in [-0.2, -0.15) is 0 Å². The molecule has 0 radical (unpaired) electrons. The van der Waals surface area contributed by atoms with Crippen LogP contribution in [0.4, 0.5) is 4.39 Å². The third-order valence-electron chi connectivity index (χ3n) is 6.19. The summed E-state index contributed by atoms with van der Waals surface area (Å²) in [7, 11) is 4.45. The van der Waals surface area contributed by atoms with Gasteiger partial charge in [-0.05, 0) is 60.6 Å². The molecule has 10 heteroatoms. The van der Waals surface area contributed by atoms with E-state index in [-0.39, 0.29) is 35.9 Å². The molecule has 1 aliphatic rings. The quantitative estimate of drug-likeness (QED) is 0.313. The van der Waals surface area contributed by atoms with Crippen molar-refractivity contribution in [1.29, 1.82) is 0 Å². The summed E-state index contributed by atoms with van der Waals surface area (Å²) < 4.78 is 29.5. The monoisotopic (exact) mass is 514 g/mol. The van der Waals surface area contributed by atoms with Crippen molar-refractivity contribution in [3.05, 3.63) is 53.3 Å². The predicted molar refractivity (Wildman–Crippen MR) is 138 cm³/mol. The van der Waals surface area contributed by atoms with Gasteiger partial charge in [0.25, 0.3) is 0 Å². The number of aliphatic imine (C=N–C) groups is 1. The molecule has 2 amide bonds. The van der Waals surface area contributed by atoms with E-state index in [0.717, 1.165) is 5.56 Å². The molecule has 1 atom stereocenters. The first-order chi connectivity index (χ1) is 17.6. The van der Waals surface area contributed by atoms with Gasteiger partial charge in [0.1, 0.15) is 6.04 Å². The van der Waals surface area contributed by atoms with Gasteiger partial charge in [0.05, 0.1) is 33.3 Å². The Morgan fingerprint density at radius 2 is 1.70 bits per heavy atom. The summed E-state index contributed by atoms with van der Waals surface area (Å²) in [6, 6.07) is 8.95. The molecule has 0 bridgehead atoms. The first kappa shape index (κ1) is 27.8. The summed E-state index contributed by atoms with van der Waals surface area (Å²) in [6.45, 7) is 3.94. The van der Waals surface area contributed by atoms with Crippen LogP contribution in [0.3, 0.4) is 0 Å². The Bertz CT molecular complexity index is 1160. The summed E-state index contributed by atoms with van der Waals surface area (Å²) in [5, 5.41) is 5.63. The van der Waals surface area contributed by atoms with Gasteiger partial charge in [-0.15, -0.1) is 0 Å². The van der Waals surface area contributed by atoms with E-state index in [9.17, 15) is 14.0 Å². The van der Waals surface area contributed by atoms with Gasteiger partial charge in [-0.3, -0.25) is 14.9 Å². The SMILES string of the molecule is COc1cc(C2(NC(=O)[C@@H](CC(C)C)N=C(N)NC(=O)Cc3ccc(OC)c(OC)c3)CC2)ccc1F. The second-order valence-electron chi connectivity index (χ2n) is 9.49. The highest BCUT2D eigenvalue weighted by Crippen LogP contribution is 2.46. The number of hydrogen-bond acceptors (Lipinski definition) is 6. The summed E-state index contributed by atoms with van der Waals surface area (Å²) in [4.78, 5) is 30.2. The molecule has 0 aliphatic heterocycles. The number of ether oxygens (including phenoxy) is 3. The zero-order valence-corrected chi connectivity index (χ0v) is 21.9. The maximum Gasteiger partial charge on any atom is 0.245 e. The molecule has 4 N–H and O–H groups in total. The number of nitrogens with two attached hydrogens (primary N) is 1. The van der Waals surface area contributed by atoms with Crippen molar-refractivity contribution in [2.24, 2.45) is 16.6 Å². The van der Waals surface area contributed by atoms with Crippen molar-refractivity contribution >= 4 is 17.8 Å². The molecule has 37 heavy (non-hydrogen) atoms. The number of benzene rings is 2. The number of halogens is 1. The molecule has 0 aromatic heterocycles. The Kier molecular flexibility index (Phi) is 8.96. The van der Waals surface area contributed by atoms with E-state index >= 15 is 0 Å².